The van der Waals surface area contributed by atoms with Gasteiger partial charge in [0.05, 0.1) is 13.0 Å². The third kappa shape index (κ3) is 15.2. The highest BCUT2D eigenvalue weighted by Crippen LogP contribution is 2.07. The average Bonchev–Trinajstić information content (AvgIpc) is 2.36. The molecule has 0 aliphatic rings. The molecular weight excluding hydrogens is 236 g/mol. The molecule has 0 aliphatic heterocycles. The topological polar surface area (TPSA) is 26.3 Å². The van der Waals surface area contributed by atoms with Crippen LogP contribution in [-0.2, 0) is 9.53 Å². The van der Waals surface area contributed by atoms with Crippen LogP contribution in [0.15, 0.2) is 12.2 Å². The summed E-state index contributed by atoms with van der Waals surface area (Å²) in [6.45, 7) is 7.06. The van der Waals surface area contributed by atoms with E-state index >= 15 is 0 Å². The van der Waals surface area contributed by atoms with Gasteiger partial charge in [-0.15, -0.1) is 0 Å². The number of ether oxygens (including phenoxy) is 1. The summed E-state index contributed by atoms with van der Waals surface area (Å²) < 4.78 is 5.13. The Bertz CT molecular complexity index is 231. The van der Waals surface area contributed by atoms with E-state index in [0.29, 0.717) is 18.9 Å². The van der Waals surface area contributed by atoms with Gasteiger partial charge in [-0.05, 0) is 25.2 Å². The molecule has 0 unspecified atom stereocenters. The Labute approximate surface area is 119 Å². The molecule has 0 spiro atoms. The van der Waals surface area contributed by atoms with E-state index in [-0.39, 0.29) is 5.97 Å². The third-order valence-electron chi connectivity index (χ3n) is 3.13. The molecule has 0 aromatic rings. The van der Waals surface area contributed by atoms with Crippen LogP contribution in [0.3, 0.4) is 0 Å². The highest BCUT2D eigenvalue weighted by Gasteiger charge is 2.00. The number of carbonyl (C=O) groups excluding carboxylic acids is 1. The molecule has 0 saturated carbocycles. The second-order valence-electron chi connectivity index (χ2n) is 5.63. The Morgan fingerprint density at radius 1 is 1.05 bits per heavy atom. The summed E-state index contributed by atoms with van der Waals surface area (Å²) in [6, 6.07) is 0. The molecule has 2 heteroatoms. The number of allylic oxidation sites excluding steroid dienone is 1. The molecular formula is C17H32O2. The van der Waals surface area contributed by atoms with E-state index in [9.17, 15) is 4.79 Å². The lowest BCUT2D eigenvalue weighted by molar-refractivity contribution is -0.142. The van der Waals surface area contributed by atoms with Crippen molar-refractivity contribution in [3.05, 3.63) is 12.2 Å². The van der Waals surface area contributed by atoms with Gasteiger partial charge in [0.25, 0.3) is 0 Å². The summed E-state index contributed by atoms with van der Waals surface area (Å²) in [5.74, 6) is 0.496. The molecule has 0 bridgehead atoms. The molecule has 0 aliphatic carbocycles. The highest BCUT2D eigenvalue weighted by atomic mass is 16.5. The Hall–Kier alpha value is -0.790. The lowest BCUT2D eigenvalue weighted by Gasteiger charge is -2.05. The standard InChI is InChI=1S/C17H32O2/c1-4-5-6-7-8-9-10-11-12-13-17(18)19-15-14-16(2)3/h11-12,16H,4-10,13-15H2,1-3H3/b12-11-. The zero-order valence-electron chi connectivity index (χ0n) is 13.1. The lowest BCUT2D eigenvalue weighted by atomic mass is 10.1. The number of carbonyl (C=O) groups is 1. The van der Waals surface area contributed by atoms with Gasteiger partial charge in [-0.1, -0.05) is 65.0 Å². The van der Waals surface area contributed by atoms with Crippen molar-refractivity contribution in [2.45, 2.75) is 78.6 Å². The number of esters is 1. The Balaban J connectivity index is 3.30. The summed E-state index contributed by atoms with van der Waals surface area (Å²) >= 11 is 0. The number of rotatable bonds is 12. The predicted octanol–water partition coefficient (Wildman–Crippen LogP) is 5.27. The van der Waals surface area contributed by atoms with Gasteiger partial charge in [-0.25, -0.2) is 0 Å². The largest absolute Gasteiger partial charge is 0.465 e. The van der Waals surface area contributed by atoms with E-state index in [1.165, 1.54) is 38.5 Å². The monoisotopic (exact) mass is 268 g/mol. The van der Waals surface area contributed by atoms with E-state index in [2.05, 4.69) is 26.8 Å². The quantitative estimate of drug-likeness (QED) is 0.274. The second kappa shape index (κ2) is 13.6. The average molecular weight is 268 g/mol. The van der Waals surface area contributed by atoms with Crippen molar-refractivity contribution in [2.75, 3.05) is 6.61 Å². The van der Waals surface area contributed by atoms with Crippen LogP contribution in [0.5, 0.6) is 0 Å². The maximum atomic E-state index is 11.4. The van der Waals surface area contributed by atoms with E-state index in [4.69, 9.17) is 4.74 Å². The minimum Gasteiger partial charge on any atom is -0.465 e. The van der Waals surface area contributed by atoms with E-state index < -0.39 is 0 Å². The maximum absolute atomic E-state index is 11.4. The van der Waals surface area contributed by atoms with Crippen molar-refractivity contribution in [1.82, 2.24) is 0 Å². The first-order chi connectivity index (χ1) is 9.16. The van der Waals surface area contributed by atoms with Gasteiger partial charge in [0.15, 0.2) is 0 Å². The maximum Gasteiger partial charge on any atom is 0.309 e. The van der Waals surface area contributed by atoms with Crippen molar-refractivity contribution in [1.29, 1.82) is 0 Å². The molecule has 19 heavy (non-hydrogen) atoms. The van der Waals surface area contributed by atoms with Crippen molar-refractivity contribution < 1.29 is 9.53 Å². The van der Waals surface area contributed by atoms with Gasteiger partial charge in [0.1, 0.15) is 0 Å². The molecule has 0 heterocycles. The SMILES string of the molecule is CCCCCCCC/C=C\CC(=O)OCCC(C)C. The van der Waals surface area contributed by atoms with Crippen molar-refractivity contribution in [3.8, 4) is 0 Å². The summed E-state index contributed by atoms with van der Waals surface area (Å²) in [6.07, 6.45) is 14.4. The molecule has 0 amide bonds. The molecule has 0 aromatic carbocycles. The third-order valence-corrected chi connectivity index (χ3v) is 3.13. The molecule has 0 fully saturated rings. The van der Waals surface area contributed by atoms with Gasteiger partial charge in [0, 0.05) is 0 Å². The molecule has 2 nitrogen and oxygen atoms in total. The fourth-order valence-corrected chi connectivity index (χ4v) is 1.81. The smallest absolute Gasteiger partial charge is 0.309 e. The van der Waals surface area contributed by atoms with Gasteiger partial charge < -0.3 is 4.74 Å². The first-order valence-electron chi connectivity index (χ1n) is 7.97. The fraction of sp³-hybridized carbons (Fsp3) is 0.824. The first-order valence-corrected chi connectivity index (χ1v) is 7.97. The fourth-order valence-electron chi connectivity index (χ4n) is 1.81. The van der Waals surface area contributed by atoms with Crippen molar-refractivity contribution >= 4 is 5.97 Å². The minimum absolute atomic E-state index is 0.0974. The number of hydrogen-bond donors (Lipinski definition) is 0. The van der Waals surface area contributed by atoms with Crippen molar-refractivity contribution in [3.63, 3.8) is 0 Å². The molecule has 0 radical (unpaired) electrons. The highest BCUT2D eigenvalue weighted by molar-refractivity contribution is 5.71. The van der Waals surface area contributed by atoms with Crippen LogP contribution >= 0.6 is 0 Å². The number of unbranched alkanes of at least 4 members (excludes halogenated alkanes) is 6. The van der Waals surface area contributed by atoms with E-state index in [1.54, 1.807) is 0 Å². The Morgan fingerprint density at radius 2 is 1.74 bits per heavy atom. The molecule has 0 N–H and O–H groups in total. The van der Waals surface area contributed by atoms with Crippen LogP contribution in [0.2, 0.25) is 0 Å². The van der Waals surface area contributed by atoms with E-state index in [0.717, 1.165) is 12.8 Å². The van der Waals surface area contributed by atoms with Gasteiger partial charge in [-0.2, -0.15) is 0 Å². The van der Waals surface area contributed by atoms with Crippen LogP contribution in [0, 0.1) is 5.92 Å². The van der Waals surface area contributed by atoms with Crippen LogP contribution in [0.25, 0.3) is 0 Å². The lowest BCUT2D eigenvalue weighted by Crippen LogP contribution is -2.06. The Kier molecular flexibility index (Phi) is 13.1. The molecule has 0 saturated heterocycles. The zero-order chi connectivity index (χ0) is 14.3. The summed E-state index contributed by atoms with van der Waals surface area (Å²) in [5.41, 5.74) is 0. The van der Waals surface area contributed by atoms with Crippen LogP contribution in [0.4, 0.5) is 0 Å². The molecule has 0 atom stereocenters. The van der Waals surface area contributed by atoms with Crippen molar-refractivity contribution in [2.24, 2.45) is 5.92 Å². The summed E-state index contributed by atoms with van der Waals surface area (Å²) in [4.78, 5) is 11.4. The van der Waals surface area contributed by atoms with E-state index in [1.807, 2.05) is 6.08 Å². The summed E-state index contributed by atoms with van der Waals surface area (Å²) in [5, 5.41) is 0. The van der Waals surface area contributed by atoms with Gasteiger partial charge >= 0.3 is 5.97 Å². The second-order valence-corrected chi connectivity index (χ2v) is 5.63. The van der Waals surface area contributed by atoms with Gasteiger partial charge in [0.2, 0.25) is 0 Å². The molecule has 112 valence electrons. The molecule has 0 aromatic heterocycles. The van der Waals surface area contributed by atoms with Crippen LogP contribution in [0.1, 0.15) is 78.6 Å². The normalized spacial score (nSPS) is 11.4. The minimum atomic E-state index is -0.0974. The Morgan fingerprint density at radius 3 is 2.42 bits per heavy atom. The zero-order valence-corrected chi connectivity index (χ0v) is 13.1. The predicted molar refractivity (Wildman–Crippen MR) is 82.2 cm³/mol. The molecule has 0 rings (SSSR count). The summed E-state index contributed by atoms with van der Waals surface area (Å²) in [7, 11) is 0. The number of hydrogen-bond acceptors (Lipinski definition) is 2. The van der Waals surface area contributed by atoms with Crippen LogP contribution in [-0.4, -0.2) is 12.6 Å². The van der Waals surface area contributed by atoms with Gasteiger partial charge in [-0.3, -0.25) is 4.79 Å². The van der Waals surface area contributed by atoms with Crippen LogP contribution < -0.4 is 0 Å². The first kappa shape index (κ1) is 18.2.